The molecule has 1 saturated heterocycles. The maximum absolute atomic E-state index is 5.14. The second-order valence-corrected chi connectivity index (χ2v) is 3.71. The second kappa shape index (κ2) is 4.57. The molecule has 0 unspecified atom stereocenters. The van der Waals surface area contributed by atoms with Gasteiger partial charge in [0.2, 0.25) is 0 Å². The molecule has 0 saturated carbocycles. The van der Waals surface area contributed by atoms with E-state index in [0.717, 1.165) is 13.1 Å². The summed E-state index contributed by atoms with van der Waals surface area (Å²) in [5, 5.41) is 3.36. The van der Waals surface area contributed by atoms with Crippen LogP contribution in [0.3, 0.4) is 0 Å². The number of piperidine rings is 1. The summed E-state index contributed by atoms with van der Waals surface area (Å²) in [4.78, 5) is 4.18. The van der Waals surface area contributed by atoms with Gasteiger partial charge >= 0.3 is 0 Å². The lowest BCUT2D eigenvalue weighted by atomic mass is 10.1. The van der Waals surface area contributed by atoms with Crippen LogP contribution in [0.25, 0.3) is 0 Å². The minimum Gasteiger partial charge on any atom is -0.378 e. The van der Waals surface area contributed by atoms with Crippen molar-refractivity contribution < 1.29 is 4.74 Å². The maximum Gasteiger partial charge on any atom is 0.0951 e. The van der Waals surface area contributed by atoms with Crippen molar-refractivity contribution in [3.05, 3.63) is 18.2 Å². The SMILES string of the molecule is COCc1cncn1C1CCNCC1. The van der Waals surface area contributed by atoms with Gasteiger partial charge in [-0.25, -0.2) is 4.98 Å². The summed E-state index contributed by atoms with van der Waals surface area (Å²) in [5.74, 6) is 0. The Morgan fingerprint density at radius 1 is 1.57 bits per heavy atom. The van der Waals surface area contributed by atoms with Gasteiger partial charge in [-0.05, 0) is 25.9 Å². The lowest BCUT2D eigenvalue weighted by Crippen LogP contribution is -2.29. The molecule has 0 bridgehead atoms. The number of aromatic nitrogens is 2. The molecule has 4 heteroatoms. The van der Waals surface area contributed by atoms with Gasteiger partial charge in [-0.15, -0.1) is 0 Å². The number of hydrogen-bond acceptors (Lipinski definition) is 3. The highest BCUT2D eigenvalue weighted by Crippen LogP contribution is 2.20. The lowest BCUT2D eigenvalue weighted by molar-refractivity contribution is 0.174. The number of nitrogens with one attached hydrogen (secondary N) is 1. The molecule has 0 radical (unpaired) electrons. The van der Waals surface area contributed by atoms with Crippen LogP contribution < -0.4 is 5.32 Å². The molecule has 1 aliphatic heterocycles. The summed E-state index contributed by atoms with van der Waals surface area (Å²) >= 11 is 0. The quantitative estimate of drug-likeness (QED) is 0.780. The van der Waals surface area contributed by atoms with E-state index in [1.165, 1.54) is 18.5 Å². The van der Waals surface area contributed by atoms with Gasteiger partial charge in [0.25, 0.3) is 0 Å². The van der Waals surface area contributed by atoms with Crippen LogP contribution in [0, 0.1) is 0 Å². The molecule has 1 N–H and O–H groups in total. The van der Waals surface area contributed by atoms with Gasteiger partial charge in [0.1, 0.15) is 0 Å². The topological polar surface area (TPSA) is 39.1 Å². The van der Waals surface area contributed by atoms with Gasteiger partial charge in [0.05, 0.1) is 24.8 Å². The van der Waals surface area contributed by atoms with Crippen LogP contribution in [-0.4, -0.2) is 29.8 Å². The van der Waals surface area contributed by atoms with Crippen molar-refractivity contribution in [3.63, 3.8) is 0 Å². The number of methoxy groups -OCH3 is 1. The molecule has 0 amide bonds. The minimum absolute atomic E-state index is 0.601. The number of imidazole rings is 1. The van der Waals surface area contributed by atoms with Crippen molar-refractivity contribution in [2.75, 3.05) is 20.2 Å². The first kappa shape index (κ1) is 9.68. The molecule has 1 aliphatic rings. The Morgan fingerprint density at radius 2 is 2.36 bits per heavy atom. The van der Waals surface area contributed by atoms with Crippen LogP contribution in [0.5, 0.6) is 0 Å². The van der Waals surface area contributed by atoms with Crippen LogP contribution in [0.15, 0.2) is 12.5 Å². The smallest absolute Gasteiger partial charge is 0.0951 e. The Hall–Kier alpha value is -0.870. The highest BCUT2D eigenvalue weighted by molar-refractivity contribution is 4.99. The summed E-state index contributed by atoms with van der Waals surface area (Å²) in [6.07, 6.45) is 6.19. The lowest BCUT2D eigenvalue weighted by Gasteiger charge is -2.25. The van der Waals surface area contributed by atoms with E-state index in [4.69, 9.17) is 4.74 Å². The third kappa shape index (κ3) is 1.96. The molecule has 2 heterocycles. The summed E-state index contributed by atoms with van der Waals surface area (Å²) < 4.78 is 7.40. The summed E-state index contributed by atoms with van der Waals surface area (Å²) in [6.45, 7) is 2.87. The first-order chi connectivity index (χ1) is 6.92. The third-order valence-electron chi connectivity index (χ3n) is 2.74. The van der Waals surface area contributed by atoms with Crippen molar-refractivity contribution >= 4 is 0 Å². The average Bonchev–Trinajstić information content (AvgIpc) is 2.68. The number of rotatable bonds is 3. The fraction of sp³-hybridized carbons (Fsp3) is 0.700. The molecule has 0 aliphatic carbocycles. The highest BCUT2D eigenvalue weighted by Gasteiger charge is 2.16. The predicted molar refractivity (Wildman–Crippen MR) is 54.1 cm³/mol. The van der Waals surface area contributed by atoms with Crippen molar-refractivity contribution in [2.45, 2.75) is 25.5 Å². The predicted octanol–water partition coefficient (Wildman–Crippen LogP) is 0.954. The fourth-order valence-electron chi connectivity index (χ4n) is 2.01. The van der Waals surface area contributed by atoms with Crippen molar-refractivity contribution in [2.24, 2.45) is 0 Å². The zero-order chi connectivity index (χ0) is 9.80. The zero-order valence-electron chi connectivity index (χ0n) is 8.57. The Labute approximate surface area is 84.3 Å². The van der Waals surface area contributed by atoms with Gasteiger partial charge in [0.15, 0.2) is 0 Å². The molecule has 0 spiro atoms. The monoisotopic (exact) mass is 195 g/mol. The van der Waals surface area contributed by atoms with E-state index in [9.17, 15) is 0 Å². The molecule has 14 heavy (non-hydrogen) atoms. The van der Waals surface area contributed by atoms with Crippen LogP contribution in [0.4, 0.5) is 0 Å². The largest absolute Gasteiger partial charge is 0.378 e. The first-order valence-electron chi connectivity index (χ1n) is 5.12. The molecule has 1 aromatic rings. The molecular weight excluding hydrogens is 178 g/mol. The van der Waals surface area contributed by atoms with E-state index in [-0.39, 0.29) is 0 Å². The van der Waals surface area contributed by atoms with Gasteiger partial charge in [-0.2, -0.15) is 0 Å². The van der Waals surface area contributed by atoms with Gasteiger partial charge in [-0.3, -0.25) is 0 Å². The van der Waals surface area contributed by atoms with Gasteiger partial charge in [-0.1, -0.05) is 0 Å². The summed E-state index contributed by atoms with van der Waals surface area (Å²) in [7, 11) is 1.72. The van der Waals surface area contributed by atoms with Crippen LogP contribution >= 0.6 is 0 Å². The molecular formula is C10H17N3O. The van der Waals surface area contributed by atoms with E-state index in [2.05, 4.69) is 14.9 Å². The van der Waals surface area contributed by atoms with Gasteiger partial charge in [0, 0.05) is 13.2 Å². The standard InChI is InChI=1S/C10H17N3O/c1-14-7-10-6-12-8-13(10)9-2-4-11-5-3-9/h6,8-9,11H,2-5,7H2,1H3. The van der Waals surface area contributed by atoms with Crippen molar-refractivity contribution in [1.82, 2.24) is 14.9 Å². The molecule has 1 aromatic heterocycles. The van der Waals surface area contributed by atoms with E-state index >= 15 is 0 Å². The van der Waals surface area contributed by atoms with E-state index in [1.807, 2.05) is 12.5 Å². The van der Waals surface area contributed by atoms with E-state index < -0.39 is 0 Å². The van der Waals surface area contributed by atoms with Crippen molar-refractivity contribution in [3.8, 4) is 0 Å². The Bertz CT molecular complexity index is 279. The molecule has 0 atom stereocenters. The second-order valence-electron chi connectivity index (χ2n) is 3.71. The number of hydrogen-bond donors (Lipinski definition) is 1. The first-order valence-corrected chi connectivity index (χ1v) is 5.12. The van der Waals surface area contributed by atoms with Crippen LogP contribution in [0.2, 0.25) is 0 Å². The number of nitrogens with zero attached hydrogens (tertiary/aromatic N) is 2. The Morgan fingerprint density at radius 3 is 3.07 bits per heavy atom. The normalized spacial score (nSPS) is 18.6. The summed E-state index contributed by atoms with van der Waals surface area (Å²) in [5.41, 5.74) is 1.18. The molecule has 1 fully saturated rings. The zero-order valence-corrected chi connectivity index (χ0v) is 8.57. The third-order valence-corrected chi connectivity index (χ3v) is 2.74. The number of ether oxygens (including phenoxy) is 1. The van der Waals surface area contributed by atoms with Crippen LogP contribution in [0.1, 0.15) is 24.6 Å². The Balaban J connectivity index is 2.09. The van der Waals surface area contributed by atoms with Crippen LogP contribution in [-0.2, 0) is 11.3 Å². The molecule has 78 valence electrons. The molecule has 0 aromatic carbocycles. The minimum atomic E-state index is 0.601. The molecule has 4 nitrogen and oxygen atoms in total. The Kier molecular flexibility index (Phi) is 3.16. The van der Waals surface area contributed by atoms with Crippen molar-refractivity contribution in [1.29, 1.82) is 0 Å². The average molecular weight is 195 g/mol. The highest BCUT2D eigenvalue weighted by atomic mass is 16.5. The fourth-order valence-corrected chi connectivity index (χ4v) is 2.01. The molecule has 2 rings (SSSR count). The van der Waals surface area contributed by atoms with E-state index in [0.29, 0.717) is 12.6 Å². The summed E-state index contributed by atoms with van der Waals surface area (Å²) in [6, 6.07) is 0.601. The van der Waals surface area contributed by atoms with Gasteiger partial charge < -0.3 is 14.6 Å². The van der Waals surface area contributed by atoms with E-state index in [1.54, 1.807) is 7.11 Å². The maximum atomic E-state index is 5.14.